The highest BCUT2D eigenvalue weighted by Gasteiger charge is 2.14. The molecule has 0 heterocycles. The van der Waals surface area contributed by atoms with E-state index in [9.17, 15) is 14.4 Å². The second kappa shape index (κ2) is 9.18. The lowest BCUT2D eigenvalue weighted by Crippen LogP contribution is -2.22. The fourth-order valence-electron chi connectivity index (χ4n) is 2.31. The zero-order chi connectivity index (χ0) is 20.0. The van der Waals surface area contributed by atoms with Crippen LogP contribution in [0, 0.1) is 6.92 Å². The molecule has 0 atom stereocenters. The molecule has 0 radical (unpaired) electrons. The van der Waals surface area contributed by atoms with Gasteiger partial charge >= 0.3 is 11.9 Å². The predicted molar refractivity (Wildman–Crippen MR) is 105 cm³/mol. The second-order valence-corrected chi connectivity index (χ2v) is 6.50. The van der Waals surface area contributed by atoms with Gasteiger partial charge in [-0.05, 0) is 48.9 Å². The van der Waals surface area contributed by atoms with Gasteiger partial charge in [0.05, 0.1) is 31.9 Å². The maximum absolute atomic E-state index is 12.2. The molecule has 0 unspecified atom stereocenters. The average molecular weight is 435 g/mol. The van der Waals surface area contributed by atoms with E-state index in [0.29, 0.717) is 11.4 Å². The number of carbonyl (C=O) groups excluding carboxylic acids is 3. The van der Waals surface area contributed by atoms with Crippen molar-refractivity contribution in [1.82, 2.24) is 0 Å². The van der Waals surface area contributed by atoms with Gasteiger partial charge in [-0.15, -0.1) is 0 Å². The molecule has 7 nitrogen and oxygen atoms in total. The number of esters is 2. The Bertz CT molecular complexity index is 848. The van der Waals surface area contributed by atoms with Crippen LogP contribution in [0.3, 0.4) is 0 Å². The van der Waals surface area contributed by atoms with E-state index >= 15 is 0 Å². The van der Waals surface area contributed by atoms with Crippen molar-refractivity contribution in [3.8, 4) is 0 Å². The summed E-state index contributed by atoms with van der Waals surface area (Å²) in [7, 11) is 2.49. The van der Waals surface area contributed by atoms with Crippen LogP contribution in [0.2, 0.25) is 0 Å². The van der Waals surface area contributed by atoms with Gasteiger partial charge in [0.25, 0.3) is 0 Å². The van der Waals surface area contributed by atoms with Crippen molar-refractivity contribution in [2.24, 2.45) is 0 Å². The first-order chi connectivity index (χ1) is 12.8. The number of methoxy groups -OCH3 is 2. The van der Waals surface area contributed by atoms with Gasteiger partial charge in [0.2, 0.25) is 5.91 Å². The van der Waals surface area contributed by atoms with Crippen LogP contribution < -0.4 is 10.6 Å². The highest BCUT2D eigenvalue weighted by molar-refractivity contribution is 9.10. The Morgan fingerprint density at radius 1 is 0.926 bits per heavy atom. The molecule has 142 valence electrons. The van der Waals surface area contributed by atoms with Crippen LogP contribution in [-0.2, 0) is 14.3 Å². The molecule has 2 N–H and O–H groups in total. The summed E-state index contributed by atoms with van der Waals surface area (Å²) in [4.78, 5) is 35.7. The van der Waals surface area contributed by atoms with E-state index in [2.05, 4.69) is 36.0 Å². The largest absolute Gasteiger partial charge is 0.465 e. The van der Waals surface area contributed by atoms with Crippen LogP contribution in [0.15, 0.2) is 40.9 Å². The van der Waals surface area contributed by atoms with Gasteiger partial charge < -0.3 is 20.1 Å². The van der Waals surface area contributed by atoms with Crippen molar-refractivity contribution >= 4 is 45.2 Å². The fraction of sp³-hybridized carbons (Fsp3) is 0.211. The molecule has 0 saturated carbocycles. The Kier molecular flexibility index (Phi) is 6.95. The third-order valence-corrected chi connectivity index (χ3v) is 4.56. The lowest BCUT2D eigenvalue weighted by molar-refractivity contribution is -0.114. The number of halogens is 1. The number of anilines is 2. The van der Waals surface area contributed by atoms with Crippen LogP contribution >= 0.6 is 15.9 Å². The fourth-order valence-corrected chi connectivity index (χ4v) is 2.56. The molecular weight excluding hydrogens is 416 g/mol. The zero-order valence-electron chi connectivity index (χ0n) is 15.1. The Morgan fingerprint density at radius 2 is 1.52 bits per heavy atom. The summed E-state index contributed by atoms with van der Waals surface area (Å²) in [5.41, 5.74) is 2.43. The molecule has 0 bridgehead atoms. The summed E-state index contributed by atoms with van der Waals surface area (Å²) < 4.78 is 10.3. The molecule has 0 saturated heterocycles. The minimum absolute atomic E-state index is 0.0552. The highest BCUT2D eigenvalue weighted by atomic mass is 79.9. The summed E-state index contributed by atoms with van der Waals surface area (Å²) in [6, 6.07) is 9.83. The van der Waals surface area contributed by atoms with Gasteiger partial charge in [-0.2, -0.15) is 0 Å². The first-order valence-electron chi connectivity index (χ1n) is 7.95. The van der Waals surface area contributed by atoms with E-state index in [4.69, 9.17) is 0 Å². The van der Waals surface area contributed by atoms with Crippen molar-refractivity contribution < 1.29 is 23.9 Å². The van der Waals surface area contributed by atoms with Crippen molar-refractivity contribution in [2.45, 2.75) is 6.92 Å². The third kappa shape index (κ3) is 5.55. The molecule has 0 fully saturated rings. The van der Waals surface area contributed by atoms with E-state index in [1.54, 1.807) is 6.07 Å². The standard InChI is InChI=1S/C19H19BrN2O5/c1-11-6-14(4-5-16(11)20)22-17(23)10-21-15-8-12(18(24)26-2)7-13(9-15)19(25)27-3/h4-9,21H,10H2,1-3H3,(H,22,23). The van der Waals surface area contributed by atoms with Gasteiger partial charge in [-0.1, -0.05) is 15.9 Å². The van der Waals surface area contributed by atoms with Crippen LogP contribution in [0.25, 0.3) is 0 Å². The van der Waals surface area contributed by atoms with Crippen LogP contribution in [0.4, 0.5) is 11.4 Å². The molecule has 0 aliphatic rings. The maximum atomic E-state index is 12.2. The molecule has 2 rings (SSSR count). The van der Waals surface area contributed by atoms with E-state index in [1.165, 1.54) is 32.4 Å². The van der Waals surface area contributed by atoms with Gasteiger partial charge in [-0.25, -0.2) is 9.59 Å². The molecule has 27 heavy (non-hydrogen) atoms. The number of ether oxygens (including phenoxy) is 2. The highest BCUT2D eigenvalue weighted by Crippen LogP contribution is 2.20. The number of aryl methyl sites for hydroxylation is 1. The van der Waals surface area contributed by atoms with Crippen LogP contribution in [-0.4, -0.2) is 38.6 Å². The quantitative estimate of drug-likeness (QED) is 0.676. The van der Waals surface area contributed by atoms with E-state index in [1.807, 2.05) is 19.1 Å². The Labute approximate surface area is 165 Å². The SMILES string of the molecule is COC(=O)c1cc(NCC(=O)Nc2ccc(Br)c(C)c2)cc(C(=O)OC)c1. The Morgan fingerprint density at radius 3 is 2.04 bits per heavy atom. The molecule has 1 amide bonds. The normalized spacial score (nSPS) is 10.1. The first kappa shape index (κ1) is 20.4. The number of hydrogen-bond donors (Lipinski definition) is 2. The molecule has 0 aliphatic carbocycles. The number of nitrogens with one attached hydrogen (secondary N) is 2. The number of carbonyl (C=O) groups is 3. The van der Waals surface area contributed by atoms with Gasteiger partial charge in [-0.3, -0.25) is 4.79 Å². The third-order valence-electron chi connectivity index (χ3n) is 3.67. The summed E-state index contributed by atoms with van der Waals surface area (Å²) in [6.07, 6.45) is 0. The maximum Gasteiger partial charge on any atom is 0.337 e. The molecule has 2 aromatic carbocycles. The Balaban J connectivity index is 2.11. The van der Waals surface area contributed by atoms with E-state index < -0.39 is 11.9 Å². The summed E-state index contributed by atoms with van der Waals surface area (Å²) in [6.45, 7) is 1.87. The number of rotatable bonds is 6. The van der Waals surface area contributed by atoms with Crippen molar-refractivity contribution in [2.75, 3.05) is 31.4 Å². The van der Waals surface area contributed by atoms with Crippen molar-refractivity contribution in [3.63, 3.8) is 0 Å². The number of amides is 1. The van der Waals surface area contributed by atoms with E-state index in [-0.39, 0.29) is 23.6 Å². The first-order valence-corrected chi connectivity index (χ1v) is 8.75. The predicted octanol–water partition coefficient (Wildman–Crippen LogP) is 3.38. The summed E-state index contributed by atoms with van der Waals surface area (Å²) in [5.74, 6) is -1.48. The lowest BCUT2D eigenvalue weighted by Gasteiger charge is -2.11. The zero-order valence-corrected chi connectivity index (χ0v) is 16.7. The second-order valence-electron chi connectivity index (χ2n) is 5.65. The summed E-state index contributed by atoms with van der Waals surface area (Å²) >= 11 is 3.40. The molecular formula is C19H19BrN2O5. The lowest BCUT2D eigenvalue weighted by atomic mass is 10.1. The molecule has 8 heteroatoms. The molecule has 2 aromatic rings. The van der Waals surface area contributed by atoms with E-state index in [0.717, 1.165) is 10.0 Å². The monoisotopic (exact) mass is 434 g/mol. The van der Waals surface area contributed by atoms with Gasteiger partial charge in [0.1, 0.15) is 0 Å². The minimum atomic E-state index is -0.599. The van der Waals surface area contributed by atoms with Crippen LogP contribution in [0.5, 0.6) is 0 Å². The van der Waals surface area contributed by atoms with Crippen molar-refractivity contribution in [3.05, 3.63) is 57.6 Å². The number of hydrogen-bond acceptors (Lipinski definition) is 6. The average Bonchev–Trinajstić information content (AvgIpc) is 2.67. The van der Waals surface area contributed by atoms with Gasteiger partial charge in [0.15, 0.2) is 0 Å². The molecule has 0 aromatic heterocycles. The van der Waals surface area contributed by atoms with Gasteiger partial charge in [0, 0.05) is 15.8 Å². The topological polar surface area (TPSA) is 93.7 Å². The molecule has 0 aliphatic heterocycles. The van der Waals surface area contributed by atoms with Crippen LogP contribution in [0.1, 0.15) is 26.3 Å². The summed E-state index contributed by atoms with van der Waals surface area (Å²) in [5, 5.41) is 5.66. The molecule has 0 spiro atoms. The van der Waals surface area contributed by atoms with Crippen molar-refractivity contribution in [1.29, 1.82) is 0 Å². The number of benzene rings is 2. The smallest absolute Gasteiger partial charge is 0.337 e. The Hall–Kier alpha value is -2.87. The minimum Gasteiger partial charge on any atom is -0.465 e.